The lowest BCUT2D eigenvalue weighted by Crippen LogP contribution is -1.94. The molecule has 0 spiro atoms. The zero-order chi connectivity index (χ0) is 12.1. The standard InChI is InChI=1S/C13H12N2O2.ClH/c16-13(17)12-5-3-11(4-6-12)2-1-8-15-9-7-14-10-15;/h1-7,9-10H,8H2,(H,16,17);1H/b2-1+;. The van der Waals surface area contributed by atoms with Crippen molar-refractivity contribution in [1.82, 2.24) is 9.55 Å². The number of halogens is 1. The van der Waals surface area contributed by atoms with Gasteiger partial charge in [0, 0.05) is 18.9 Å². The van der Waals surface area contributed by atoms with Gasteiger partial charge >= 0.3 is 5.97 Å². The first-order valence-electron chi connectivity index (χ1n) is 5.21. The predicted octanol–water partition coefficient (Wildman–Crippen LogP) is 2.72. The maximum atomic E-state index is 10.7. The summed E-state index contributed by atoms with van der Waals surface area (Å²) in [6, 6.07) is 6.76. The van der Waals surface area contributed by atoms with Crippen molar-refractivity contribution in [3.05, 3.63) is 60.2 Å². The Labute approximate surface area is 111 Å². The molecule has 0 radical (unpaired) electrons. The van der Waals surface area contributed by atoms with Crippen LogP contribution in [0.15, 0.2) is 49.1 Å². The minimum absolute atomic E-state index is 0. The van der Waals surface area contributed by atoms with Crippen molar-refractivity contribution in [2.24, 2.45) is 0 Å². The van der Waals surface area contributed by atoms with Gasteiger partial charge in [-0.1, -0.05) is 24.3 Å². The van der Waals surface area contributed by atoms with Crippen molar-refractivity contribution in [1.29, 1.82) is 0 Å². The second-order valence-corrected chi connectivity index (χ2v) is 3.59. The lowest BCUT2D eigenvalue weighted by atomic mass is 10.1. The van der Waals surface area contributed by atoms with E-state index < -0.39 is 5.97 Å². The summed E-state index contributed by atoms with van der Waals surface area (Å²) in [7, 11) is 0. The van der Waals surface area contributed by atoms with Crippen LogP contribution in [-0.2, 0) is 6.54 Å². The van der Waals surface area contributed by atoms with E-state index in [1.54, 1.807) is 36.8 Å². The van der Waals surface area contributed by atoms with Crippen LogP contribution in [0.5, 0.6) is 0 Å². The highest BCUT2D eigenvalue weighted by atomic mass is 35.5. The number of nitrogens with zero attached hydrogens (tertiary/aromatic N) is 2. The zero-order valence-corrected chi connectivity index (χ0v) is 10.4. The molecule has 1 heterocycles. The number of aromatic nitrogens is 2. The molecule has 18 heavy (non-hydrogen) atoms. The Morgan fingerprint density at radius 1 is 1.33 bits per heavy atom. The van der Waals surface area contributed by atoms with Gasteiger partial charge in [0.2, 0.25) is 0 Å². The van der Waals surface area contributed by atoms with Gasteiger partial charge < -0.3 is 9.67 Å². The molecule has 5 heteroatoms. The summed E-state index contributed by atoms with van der Waals surface area (Å²) < 4.78 is 1.95. The summed E-state index contributed by atoms with van der Waals surface area (Å²) in [4.78, 5) is 14.6. The summed E-state index contributed by atoms with van der Waals surface area (Å²) in [6.07, 6.45) is 9.31. The third kappa shape index (κ3) is 3.75. The number of aromatic carboxylic acids is 1. The molecule has 0 bridgehead atoms. The van der Waals surface area contributed by atoms with E-state index in [0.717, 1.165) is 12.1 Å². The first kappa shape index (κ1) is 14.0. The summed E-state index contributed by atoms with van der Waals surface area (Å²) >= 11 is 0. The molecule has 1 aromatic carbocycles. The Morgan fingerprint density at radius 2 is 2.06 bits per heavy atom. The van der Waals surface area contributed by atoms with Crippen molar-refractivity contribution in [2.75, 3.05) is 0 Å². The van der Waals surface area contributed by atoms with Crippen LogP contribution >= 0.6 is 12.4 Å². The quantitative estimate of drug-likeness (QED) is 0.924. The first-order valence-corrected chi connectivity index (χ1v) is 5.21. The molecule has 0 aliphatic carbocycles. The third-order valence-corrected chi connectivity index (χ3v) is 2.34. The highest BCUT2D eigenvalue weighted by Crippen LogP contribution is 2.06. The van der Waals surface area contributed by atoms with Crippen LogP contribution in [0.25, 0.3) is 6.08 Å². The summed E-state index contributed by atoms with van der Waals surface area (Å²) in [6.45, 7) is 0.751. The van der Waals surface area contributed by atoms with Gasteiger partial charge in [0.25, 0.3) is 0 Å². The van der Waals surface area contributed by atoms with Gasteiger partial charge in [-0.3, -0.25) is 0 Å². The zero-order valence-electron chi connectivity index (χ0n) is 9.56. The van der Waals surface area contributed by atoms with Crippen LogP contribution in [0.1, 0.15) is 15.9 Å². The largest absolute Gasteiger partial charge is 0.478 e. The number of hydrogen-bond donors (Lipinski definition) is 1. The Bertz CT molecular complexity index is 518. The molecule has 0 saturated carbocycles. The Kier molecular flexibility index (Phi) is 5.14. The number of rotatable bonds is 4. The van der Waals surface area contributed by atoms with Gasteiger partial charge in [-0.2, -0.15) is 0 Å². The van der Waals surface area contributed by atoms with Crippen molar-refractivity contribution in [3.63, 3.8) is 0 Å². The summed E-state index contributed by atoms with van der Waals surface area (Å²) in [5, 5.41) is 8.75. The van der Waals surface area contributed by atoms with Crippen LogP contribution in [0.4, 0.5) is 0 Å². The SMILES string of the molecule is Cl.O=C(O)c1ccc(/C=C/Cn2ccnc2)cc1. The molecule has 0 unspecified atom stereocenters. The van der Waals surface area contributed by atoms with Crippen LogP contribution in [-0.4, -0.2) is 20.6 Å². The van der Waals surface area contributed by atoms with E-state index in [1.165, 1.54) is 0 Å². The minimum atomic E-state index is -0.904. The fourth-order valence-electron chi connectivity index (χ4n) is 1.44. The topological polar surface area (TPSA) is 55.1 Å². The summed E-state index contributed by atoms with van der Waals surface area (Å²) in [5.41, 5.74) is 1.28. The second-order valence-electron chi connectivity index (χ2n) is 3.59. The fourth-order valence-corrected chi connectivity index (χ4v) is 1.44. The van der Waals surface area contributed by atoms with E-state index in [0.29, 0.717) is 5.56 Å². The highest BCUT2D eigenvalue weighted by Gasteiger charge is 1.99. The van der Waals surface area contributed by atoms with Gasteiger partial charge in [0.1, 0.15) is 0 Å². The van der Waals surface area contributed by atoms with E-state index in [9.17, 15) is 4.79 Å². The molecule has 0 amide bonds. The van der Waals surface area contributed by atoms with Crippen molar-refractivity contribution in [2.45, 2.75) is 6.54 Å². The number of allylic oxidation sites excluding steroid dienone is 1. The highest BCUT2D eigenvalue weighted by molar-refractivity contribution is 5.87. The smallest absolute Gasteiger partial charge is 0.335 e. The van der Waals surface area contributed by atoms with E-state index in [2.05, 4.69) is 4.98 Å². The molecule has 1 N–H and O–H groups in total. The lowest BCUT2D eigenvalue weighted by Gasteiger charge is -1.97. The van der Waals surface area contributed by atoms with Crippen LogP contribution in [0.2, 0.25) is 0 Å². The molecule has 2 rings (SSSR count). The van der Waals surface area contributed by atoms with E-state index >= 15 is 0 Å². The van der Waals surface area contributed by atoms with Gasteiger partial charge in [0.15, 0.2) is 0 Å². The van der Waals surface area contributed by atoms with Gasteiger partial charge in [-0.15, -0.1) is 12.4 Å². The van der Waals surface area contributed by atoms with E-state index in [-0.39, 0.29) is 12.4 Å². The van der Waals surface area contributed by atoms with Crippen molar-refractivity contribution < 1.29 is 9.90 Å². The Balaban J connectivity index is 0.00000162. The number of imidazole rings is 1. The average molecular weight is 265 g/mol. The number of hydrogen-bond acceptors (Lipinski definition) is 2. The number of carbonyl (C=O) groups is 1. The molecule has 0 fully saturated rings. The summed E-state index contributed by atoms with van der Waals surface area (Å²) in [5.74, 6) is -0.904. The molecule has 0 atom stereocenters. The third-order valence-electron chi connectivity index (χ3n) is 2.34. The van der Waals surface area contributed by atoms with Gasteiger partial charge in [-0.25, -0.2) is 9.78 Å². The molecule has 0 aliphatic heterocycles. The van der Waals surface area contributed by atoms with Gasteiger partial charge in [-0.05, 0) is 17.7 Å². The molecule has 4 nitrogen and oxygen atoms in total. The minimum Gasteiger partial charge on any atom is -0.478 e. The first-order chi connectivity index (χ1) is 8.25. The van der Waals surface area contributed by atoms with Crippen molar-refractivity contribution >= 4 is 24.5 Å². The molecular formula is C13H13ClN2O2. The van der Waals surface area contributed by atoms with E-state index in [1.807, 2.05) is 22.9 Å². The second kappa shape index (κ2) is 6.61. The normalized spacial score (nSPS) is 10.2. The van der Waals surface area contributed by atoms with Crippen LogP contribution in [0.3, 0.4) is 0 Å². The maximum absolute atomic E-state index is 10.7. The predicted molar refractivity (Wildman–Crippen MR) is 71.9 cm³/mol. The molecule has 94 valence electrons. The van der Waals surface area contributed by atoms with E-state index in [4.69, 9.17) is 5.11 Å². The fraction of sp³-hybridized carbons (Fsp3) is 0.0769. The number of benzene rings is 1. The lowest BCUT2D eigenvalue weighted by molar-refractivity contribution is 0.0697. The van der Waals surface area contributed by atoms with Gasteiger partial charge in [0.05, 0.1) is 11.9 Å². The molecular weight excluding hydrogens is 252 g/mol. The monoisotopic (exact) mass is 264 g/mol. The Morgan fingerprint density at radius 3 is 2.61 bits per heavy atom. The maximum Gasteiger partial charge on any atom is 0.335 e. The molecule has 1 aromatic heterocycles. The van der Waals surface area contributed by atoms with Crippen LogP contribution in [0, 0.1) is 0 Å². The Hall–Kier alpha value is -2.07. The van der Waals surface area contributed by atoms with Crippen molar-refractivity contribution in [3.8, 4) is 0 Å². The average Bonchev–Trinajstić information content (AvgIpc) is 2.83. The number of carboxylic acid groups (broad SMARTS) is 1. The number of carboxylic acids is 1. The molecule has 0 aliphatic rings. The molecule has 2 aromatic rings. The van der Waals surface area contributed by atoms with Crippen LogP contribution < -0.4 is 0 Å². The molecule has 0 saturated heterocycles.